The minimum atomic E-state index is -0.240. The molecule has 13 aromatic carbocycles. The average molecular weight is 1090 g/mol. The van der Waals surface area contributed by atoms with Crippen LogP contribution in [0.1, 0.15) is 0 Å². The van der Waals surface area contributed by atoms with Crippen molar-refractivity contribution in [3.05, 3.63) is 309 Å². The van der Waals surface area contributed by atoms with Crippen LogP contribution in [0.25, 0.3) is 66.1 Å². The molecule has 0 saturated carbocycles. The predicted molar refractivity (Wildman–Crippen MR) is 355 cm³/mol. The molecule has 2 aromatic heterocycles. The minimum absolute atomic E-state index is 0.240. The Labute approximate surface area is 492 Å². The largest absolute Gasteiger partial charge is 0.456 e. The Balaban J connectivity index is 0.930. The van der Waals surface area contributed by atoms with Gasteiger partial charge in [-0.25, -0.2) is 0 Å². The standard InChI is InChI=1S/C78H51BN4O2/c1-7-24-52(25-8-1)60-36-19-21-38-68(60)82-70-40-23-41-71-78(70)79(66-50-76-64(48-72(66)82)62-44-42-58(46-74(62)84-76)80(54-28-11-3-12-29-54)55-30-13-4-14-31-55)67-51-77-65(49-73(67)83(71)69-39-22-20-37-61(69)53-26-9-2-10-27-53)63-45-43-59(47-75(63)85-77)81(56-32-15-5-16-33-56)57-34-17-6-18-35-57/h1-51H. The maximum Gasteiger partial charge on any atom is 0.252 e. The molecule has 2 aliphatic rings. The molecule has 0 unspecified atom stereocenters. The van der Waals surface area contributed by atoms with Crippen LogP contribution in [0, 0.1) is 0 Å². The second-order valence-electron chi connectivity index (χ2n) is 22.0. The first-order valence-electron chi connectivity index (χ1n) is 29.0. The third-order valence-corrected chi connectivity index (χ3v) is 17.2. The average Bonchev–Trinajstić information content (AvgIpc) is 2.42. The second kappa shape index (κ2) is 19.7. The van der Waals surface area contributed by atoms with Crippen LogP contribution < -0.4 is 36.0 Å². The highest BCUT2D eigenvalue weighted by atomic mass is 16.3. The molecule has 0 fully saturated rings. The molecule has 0 N–H and O–H groups in total. The van der Waals surface area contributed by atoms with E-state index in [1.807, 2.05) is 0 Å². The first kappa shape index (κ1) is 48.4. The quantitative estimate of drug-likeness (QED) is 0.127. The van der Waals surface area contributed by atoms with Gasteiger partial charge in [0.2, 0.25) is 0 Å². The number of furan rings is 2. The van der Waals surface area contributed by atoms with Crippen molar-refractivity contribution in [1.29, 1.82) is 0 Å². The third kappa shape index (κ3) is 7.89. The van der Waals surface area contributed by atoms with Crippen molar-refractivity contribution < 1.29 is 8.83 Å². The minimum Gasteiger partial charge on any atom is -0.456 e. The van der Waals surface area contributed by atoms with Crippen LogP contribution in [0.2, 0.25) is 0 Å². The normalized spacial score (nSPS) is 12.4. The molecule has 0 spiro atoms. The van der Waals surface area contributed by atoms with E-state index in [0.717, 1.165) is 145 Å². The maximum atomic E-state index is 7.21. The first-order valence-corrected chi connectivity index (χ1v) is 29.0. The molecule has 4 heterocycles. The molecule has 17 rings (SSSR count). The fraction of sp³-hybridized carbons (Fsp3) is 0. The Morgan fingerprint density at radius 1 is 0.247 bits per heavy atom. The Morgan fingerprint density at radius 2 is 0.576 bits per heavy atom. The van der Waals surface area contributed by atoms with Gasteiger partial charge in [-0.3, -0.25) is 0 Å². The fourth-order valence-corrected chi connectivity index (χ4v) is 13.5. The molecular weight excluding hydrogens is 1040 g/mol. The van der Waals surface area contributed by atoms with E-state index >= 15 is 0 Å². The molecule has 0 saturated heterocycles. The lowest BCUT2D eigenvalue weighted by atomic mass is 9.33. The molecule has 0 radical (unpaired) electrons. The molecule has 15 aromatic rings. The molecule has 0 atom stereocenters. The van der Waals surface area contributed by atoms with E-state index in [-0.39, 0.29) is 6.71 Å². The zero-order chi connectivity index (χ0) is 56.0. The number of para-hydroxylation sites is 6. The second-order valence-corrected chi connectivity index (χ2v) is 22.0. The molecule has 0 amide bonds. The molecular formula is C78H51BN4O2. The summed E-state index contributed by atoms with van der Waals surface area (Å²) in [5.41, 5.74) is 24.2. The van der Waals surface area contributed by atoms with Crippen LogP contribution in [0.15, 0.2) is 318 Å². The van der Waals surface area contributed by atoms with Gasteiger partial charge < -0.3 is 28.4 Å². The van der Waals surface area contributed by atoms with Gasteiger partial charge in [0.25, 0.3) is 6.71 Å². The van der Waals surface area contributed by atoms with Gasteiger partial charge in [-0.05, 0) is 149 Å². The maximum absolute atomic E-state index is 7.21. The first-order chi connectivity index (χ1) is 42.2. The number of anilines is 12. The van der Waals surface area contributed by atoms with Gasteiger partial charge >= 0.3 is 0 Å². The van der Waals surface area contributed by atoms with Crippen molar-refractivity contribution >= 4 is 135 Å². The highest BCUT2D eigenvalue weighted by molar-refractivity contribution is 7.00. The number of rotatable bonds is 10. The molecule has 0 bridgehead atoms. The van der Waals surface area contributed by atoms with E-state index in [2.05, 4.69) is 329 Å². The Morgan fingerprint density at radius 3 is 0.965 bits per heavy atom. The number of hydrogen-bond donors (Lipinski definition) is 0. The van der Waals surface area contributed by atoms with Crippen LogP contribution >= 0.6 is 0 Å². The van der Waals surface area contributed by atoms with Gasteiger partial charge in [0.05, 0.1) is 11.4 Å². The van der Waals surface area contributed by atoms with Gasteiger partial charge in [0.1, 0.15) is 22.3 Å². The van der Waals surface area contributed by atoms with E-state index in [0.29, 0.717) is 0 Å². The molecule has 85 heavy (non-hydrogen) atoms. The lowest BCUT2D eigenvalue weighted by molar-refractivity contribution is 0.669. The summed E-state index contributed by atoms with van der Waals surface area (Å²) in [6, 6.07) is 111. The fourth-order valence-electron chi connectivity index (χ4n) is 13.5. The van der Waals surface area contributed by atoms with Crippen molar-refractivity contribution in [3.63, 3.8) is 0 Å². The van der Waals surface area contributed by atoms with Crippen molar-refractivity contribution in [1.82, 2.24) is 0 Å². The summed E-state index contributed by atoms with van der Waals surface area (Å²) in [6.07, 6.45) is 0. The van der Waals surface area contributed by atoms with E-state index in [1.165, 1.54) is 5.46 Å². The summed E-state index contributed by atoms with van der Waals surface area (Å²) in [4.78, 5) is 9.62. The number of hydrogen-bond acceptors (Lipinski definition) is 6. The molecule has 6 nitrogen and oxygen atoms in total. The van der Waals surface area contributed by atoms with Gasteiger partial charge in [-0.2, -0.15) is 0 Å². The van der Waals surface area contributed by atoms with Crippen LogP contribution in [0.5, 0.6) is 0 Å². The highest BCUT2D eigenvalue weighted by Crippen LogP contribution is 2.51. The predicted octanol–water partition coefficient (Wildman–Crippen LogP) is 19.8. The number of fused-ring (bicyclic) bond motifs is 10. The summed E-state index contributed by atoms with van der Waals surface area (Å²) in [5, 5.41) is 4.19. The van der Waals surface area contributed by atoms with Gasteiger partial charge in [-0.1, -0.05) is 176 Å². The SMILES string of the molecule is c1ccc(-c2ccccc2N2c3cc4c(cc3B3c5cc6oc7cc(N(c8ccccc8)c8ccccc8)ccc7c6cc5N(c5ccccc5-c5ccccc5)c5cccc2c53)oc2cc(N(c3ccccc3)c3ccccc3)ccc24)cc1. The van der Waals surface area contributed by atoms with Crippen LogP contribution in [0.3, 0.4) is 0 Å². The number of nitrogens with zero attached hydrogens (tertiary/aromatic N) is 4. The van der Waals surface area contributed by atoms with Crippen molar-refractivity contribution in [3.8, 4) is 22.3 Å². The van der Waals surface area contributed by atoms with Crippen LogP contribution in [0.4, 0.5) is 68.2 Å². The summed E-state index contributed by atoms with van der Waals surface area (Å²) in [5.74, 6) is 0. The van der Waals surface area contributed by atoms with Gasteiger partial charge in [0.15, 0.2) is 0 Å². The van der Waals surface area contributed by atoms with Gasteiger partial charge in [0, 0.05) is 102 Å². The summed E-state index contributed by atoms with van der Waals surface area (Å²) >= 11 is 0. The zero-order valence-corrected chi connectivity index (χ0v) is 46.1. The van der Waals surface area contributed by atoms with Gasteiger partial charge in [-0.15, -0.1) is 0 Å². The van der Waals surface area contributed by atoms with E-state index in [4.69, 9.17) is 8.83 Å². The van der Waals surface area contributed by atoms with Crippen LogP contribution in [-0.2, 0) is 0 Å². The van der Waals surface area contributed by atoms with E-state index in [1.54, 1.807) is 0 Å². The Bertz CT molecular complexity index is 4640. The lowest BCUT2D eigenvalue weighted by Gasteiger charge is -2.44. The smallest absolute Gasteiger partial charge is 0.252 e. The summed E-state index contributed by atoms with van der Waals surface area (Å²) in [7, 11) is 0. The van der Waals surface area contributed by atoms with Crippen molar-refractivity contribution in [2.24, 2.45) is 0 Å². The summed E-state index contributed by atoms with van der Waals surface area (Å²) < 4.78 is 14.4. The zero-order valence-electron chi connectivity index (χ0n) is 46.1. The topological polar surface area (TPSA) is 39.2 Å². The lowest BCUT2D eigenvalue weighted by Crippen LogP contribution is -2.61. The highest BCUT2D eigenvalue weighted by Gasteiger charge is 2.45. The van der Waals surface area contributed by atoms with E-state index in [9.17, 15) is 0 Å². The third-order valence-electron chi connectivity index (χ3n) is 17.2. The van der Waals surface area contributed by atoms with Crippen molar-refractivity contribution in [2.75, 3.05) is 19.6 Å². The summed E-state index contributed by atoms with van der Waals surface area (Å²) in [6.45, 7) is -0.240. The molecule has 7 heteroatoms. The Kier molecular flexibility index (Phi) is 11.2. The molecule has 2 aliphatic heterocycles. The number of benzene rings is 13. The molecule has 0 aliphatic carbocycles. The monoisotopic (exact) mass is 1090 g/mol. The Hall–Kier alpha value is -11.3. The molecule has 398 valence electrons. The van der Waals surface area contributed by atoms with E-state index < -0.39 is 0 Å². The van der Waals surface area contributed by atoms with Crippen LogP contribution in [-0.4, -0.2) is 6.71 Å². The van der Waals surface area contributed by atoms with Crippen molar-refractivity contribution in [2.45, 2.75) is 0 Å².